The normalized spacial score (nSPS) is 10.1. The maximum absolute atomic E-state index is 12.1. The van der Waals surface area contributed by atoms with Crippen molar-refractivity contribution in [3.63, 3.8) is 0 Å². The number of hydrogen-bond donors (Lipinski definition) is 3. The number of amides is 4. The molecule has 1 heterocycles. The molecule has 29 heavy (non-hydrogen) atoms. The Morgan fingerprint density at radius 3 is 2.34 bits per heavy atom. The molecule has 2 aromatic carbocycles. The van der Waals surface area contributed by atoms with Crippen molar-refractivity contribution in [1.29, 1.82) is 0 Å². The zero-order valence-corrected chi connectivity index (χ0v) is 15.7. The quantitative estimate of drug-likeness (QED) is 0.556. The smallest absolute Gasteiger partial charge is 0.340 e. The van der Waals surface area contributed by atoms with Crippen LogP contribution in [0.25, 0.3) is 11.3 Å². The number of nitrogens with one attached hydrogen (secondary N) is 3. The van der Waals surface area contributed by atoms with Crippen molar-refractivity contribution in [2.75, 3.05) is 6.61 Å². The highest BCUT2D eigenvalue weighted by Crippen LogP contribution is 2.23. The van der Waals surface area contributed by atoms with Crippen molar-refractivity contribution in [3.05, 3.63) is 77.5 Å². The number of imide groups is 1. The molecule has 3 N–H and O–H groups in total. The van der Waals surface area contributed by atoms with E-state index in [1.54, 1.807) is 54.6 Å². The molecule has 0 unspecified atom stereocenters. The van der Waals surface area contributed by atoms with Crippen LogP contribution in [0.2, 0.25) is 5.02 Å². The Balaban J connectivity index is 1.45. The molecule has 0 fully saturated rings. The van der Waals surface area contributed by atoms with Gasteiger partial charge in [-0.05, 0) is 48.5 Å². The van der Waals surface area contributed by atoms with Gasteiger partial charge in [0.15, 0.2) is 12.4 Å². The number of carbonyl (C=O) groups excluding carboxylic acids is 3. The van der Waals surface area contributed by atoms with E-state index in [9.17, 15) is 14.4 Å². The first-order valence-corrected chi connectivity index (χ1v) is 8.83. The van der Waals surface area contributed by atoms with E-state index in [2.05, 4.69) is 10.9 Å². The van der Waals surface area contributed by atoms with E-state index >= 15 is 0 Å². The van der Waals surface area contributed by atoms with Crippen LogP contribution in [-0.4, -0.2) is 24.5 Å². The van der Waals surface area contributed by atoms with E-state index in [0.29, 0.717) is 16.5 Å². The number of hydrazine groups is 1. The molecule has 0 radical (unpaired) electrons. The summed E-state index contributed by atoms with van der Waals surface area (Å²) in [4.78, 5) is 35.5. The standard InChI is InChI=1S/C20H16ClN3O5/c21-14-8-6-13(7-9-14)16-10-11-17(29-16)19(26)22-20(27)24-23-18(25)12-28-15-4-2-1-3-5-15/h1-11H,12H2,(H,23,25)(H2,22,24,26,27). The summed E-state index contributed by atoms with van der Waals surface area (Å²) >= 11 is 5.84. The molecular weight excluding hydrogens is 398 g/mol. The first kappa shape index (κ1) is 20.0. The lowest BCUT2D eigenvalue weighted by Crippen LogP contribution is -2.49. The van der Waals surface area contributed by atoms with Crippen LogP contribution in [0, 0.1) is 0 Å². The van der Waals surface area contributed by atoms with E-state index < -0.39 is 17.8 Å². The van der Waals surface area contributed by atoms with Crippen molar-refractivity contribution in [2.24, 2.45) is 0 Å². The number of furan rings is 1. The molecule has 4 amide bonds. The molecule has 0 bridgehead atoms. The summed E-state index contributed by atoms with van der Waals surface area (Å²) in [5.41, 5.74) is 4.91. The molecule has 9 heteroatoms. The van der Waals surface area contributed by atoms with Gasteiger partial charge < -0.3 is 9.15 Å². The summed E-state index contributed by atoms with van der Waals surface area (Å²) in [5.74, 6) is -0.476. The Bertz CT molecular complexity index is 1000. The Morgan fingerprint density at radius 2 is 1.62 bits per heavy atom. The summed E-state index contributed by atoms with van der Waals surface area (Å²) in [7, 11) is 0. The first-order chi connectivity index (χ1) is 14.0. The number of rotatable bonds is 5. The third-order valence-corrected chi connectivity index (χ3v) is 3.87. The fraction of sp³-hybridized carbons (Fsp3) is 0.0500. The van der Waals surface area contributed by atoms with Gasteiger partial charge in [0.05, 0.1) is 0 Å². The van der Waals surface area contributed by atoms with Crippen LogP contribution >= 0.6 is 11.6 Å². The van der Waals surface area contributed by atoms with Crippen molar-refractivity contribution in [3.8, 4) is 17.1 Å². The molecule has 0 aliphatic rings. The number of halogens is 1. The number of para-hydroxylation sites is 1. The monoisotopic (exact) mass is 413 g/mol. The largest absolute Gasteiger partial charge is 0.484 e. The van der Waals surface area contributed by atoms with Crippen molar-refractivity contribution < 1.29 is 23.5 Å². The molecule has 8 nitrogen and oxygen atoms in total. The summed E-state index contributed by atoms with van der Waals surface area (Å²) in [6.45, 7) is -0.305. The average Bonchev–Trinajstić information content (AvgIpc) is 3.22. The highest BCUT2D eigenvalue weighted by molar-refractivity contribution is 6.30. The number of benzene rings is 2. The number of carbonyl (C=O) groups is 3. The molecule has 0 aliphatic heterocycles. The molecule has 0 aliphatic carbocycles. The minimum Gasteiger partial charge on any atom is -0.484 e. The molecule has 3 aromatic rings. The van der Waals surface area contributed by atoms with Crippen molar-refractivity contribution in [1.82, 2.24) is 16.2 Å². The predicted molar refractivity (Wildman–Crippen MR) is 105 cm³/mol. The third kappa shape index (κ3) is 5.85. The summed E-state index contributed by atoms with van der Waals surface area (Å²) in [5, 5.41) is 2.62. The lowest BCUT2D eigenvalue weighted by atomic mass is 10.2. The molecule has 0 saturated carbocycles. The third-order valence-electron chi connectivity index (χ3n) is 3.61. The average molecular weight is 414 g/mol. The van der Waals surface area contributed by atoms with Crippen LogP contribution in [0.1, 0.15) is 10.6 Å². The van der Waals surface area contributed by atoms with E-state index in [1.807, 2.05) is 11.4 Å². The highest BCUT2D eigenvalue weighted by Gasteiger charge is 2.15. The molecule has 0 spiro atoms. The van der Waals surface area contributed by atoms with Crippen LogP contribution in [0.5, 0.6) is 5.75 Å². The van der Waals surface area contributed by atoms with Crippen LogP contribution in [0.4, 0.5) is 4.79 Å². The fourth-order valence-electron chi connectivity index (χ4n) is 2.25. The Labute approximate surface area is 170 Å². The Hall–Kier alpha value is -3.78. The van der Waals surface area contributed by atoms with E-state index in [4.69, 9.17) is 20.8 Å². The molecule has 148 valence electrons. The summed E-state index contributed by atoms with van der Waals surface area (Å²) in [6.07, 6.45) is 0. The topological polar surface area (TPSA) is 110 Å². The second-order valence-corrected chi connectivity index (χ2v) is 6.17. The Morgan fingerprint density at radius 1 is 0.897 bits per heavy atom. The van der Waals surface area contributed by atoms with E-state index in [1.165, 1.54) is 6.07 Å². The molecule has 3 rings (SSSR count). The van der Waals surface area contributed by atoms with Gasteiger partial charge in [0.25, 0.3) is 11.8 Å². The highest BCUT2D eigenvalue weighted by atomic mass is 35.5. The second-order valence-electron chi connectivity index (χ2n) is 5.73. The summed E-state index contributed by atoms with van der Waals surface area (Å²) in [6, 6.07) is 17.7. The molecule has 0 saturated heterocycles. The van der Waals surface area contributed by atoms with Crippen LogP contribution in [0.3, 0.4) is 0 Å². The molecule has 1 aromatic heterocycles. The van der Waals surface area contributed by atoms with Gasteiger partial charge in [0.2, 0.25) is 0 Å². The maximum Gasteiger partial charge on any atom is 0.340 e. The summed E-state index contributed by atoms with van der Waals surface area (Å²) < 4.78 is 10.7. The molecule has 0 atom stereocenters. The van der Waals surface area contributed by atoms with Gasteiger partial charge in [-0.15, -0.1) is 0 Å². The Kier molecular flexibility index (Phi) is 6.49. The zero-order valence-electron chi connectivity index (χ0n) is 15.0. The minimum atomic E-state index is -0.924. The number of urea groups is 1. The minimum absolute atomic E-state index is 0.0659. The fourth-order valence-corrected chi connectivity index (χ4v) is 2.38. The maximum atomic E-state index is 12.1. The van der Waals surface area contributed by atoms with Crippen molar-refractivity contribution >= 4 is 29.4 Å². The predicted octanol–water partition coefficient (Wildman–Crippen LogP) is 3.15. The van der Waals surface area contributed by atoms with Gasteiger partial charge in [0.1, 0.15) is 11.5 Å². The van der Waals surface area contributed by atoms with Gasteiger partial charge in [-0.25, -0.2) is 10.2 Å². The lowest BCUT2D eigenvalue weighted by Gasteiger charge is -2.08. The van der Waals surface area contributed by atoms with E-state index in [0.717, 1.165) is 5.56 Å². The second kappa shape index (κ2) is 9.43. The van der Waals surface area contributed by atoms with Gasteiger partial charge in [-0.1, -0.05) is 29.8 Å². The van der Waals surface area contributed by atoms with E-state index in [-0.39, 0.29) is 12.4 Å². The zero-order chi connectivity index (χ0) is 20.6. The first-order valence-electron chi connectivity index (χ1n) is 8.45. The lowest BCUT2D eigenvalue weighted by molar-refractivity contribution is -0.123. The van der Waals surface area contributed by atoms with Crippen LogP contribution in [0.15, 0.2) is 71.1 Å². The van der Waals surface area contributed by atoms with Gasteiger partial charge >= 0.3 is 6.03 Å². The van der Waals surface area contributed by atoms with Gasteiger partial charge in [0, 0.05) is 10.6 Å². The van der Waals surface area contributed by atoms with Crippen LogP contribution < -0.4 is 20.9 Å². The number of ether oxygens (including phenoxy) is 1. The number of hydrogen-bond acceptors (Lipinski definition) is 5. The van der Waals surface area contributed by atoms with Crippen molar-refractivity contribution in [2.45, 2.75) is 0 Å². The SMILES string of the molecule is O=C(COc1ccccc1)NNC(=O)NC(=O)c1ccc(-c2ccc(Cl)cc2)o1. The van der Waals surface area contributed by atoms with Gasteiger partial charge in [-0.3, -0.25) is 20.3 Å². The van der Waals surface area contributed by atoms with Gasteiger partial charge in [-0.2, -0.15) is 0 Å². The van der Waals surface area contributed by atoms with Crippen LogP contribution in [-0.2, 0) is 4.79 Å². The molecular formula is C20H16ClN3O5.